The number of ether oxygens (including phenoxy) is 1. The van der Waals surface area contributed by atoms with Gasteiger partial charge in [0.05, 0.1) is 0 Å². The molecular formula is C25H33NO2. The van der Waals surface area contributed by atoms with Gasteiger partial charge in [-0.1, -0.05) is 56.3 Å². The maximum absolute atomic E-state index is 12.9. The molecule has 0 spiro atoms. The van der Waals surface area contributed by atoms with Crippen LogP contribution in [0.15, 0.2) is 48.5 Å². The summed E-state index contributed by atoms with van der Waals surface area (Å²) < 4.78 is 6.13. The van der Waals surface area contributed by atoms with Crippen LogP contribution in [0.3, 0.4) is 0 Å². The first kappa shape index (κ1) is 20.4. The molecule has 1 fully saturated rings. The molecule has 28 heavy (non-hydrogen) atoms. The van der Waals surface area contributed by atoms with Gasteiger partial charge in [0.1, 0.15) is 5.75 Å². The lowest BCUT2D eigenvalue weighted by atomic mass is 9.90. The summed E-state index contributed by atoms with van der Waals surface area (Å²) in [5, 5.41) is 0. The first-order valence-corrected chi connectivity index (χ1v) is 10.5. The Morgan fingerprint density at radius 1 is 1.07 bits per heavy atom. The maximum atomic E-state index is 12.9. The zero-order valence-electron chi connectivity index (χ0n) is 17.7. The summed E-state index contributed by atoms with van der Waals surface area (Å²) in [6.07, 6.45) is 2.78. The van der Waals surface area contributed by atoms with Crippen LogP contribution in [0.1, 0.15) is 56.2 Å². The normalized spacial score (nSPS) is 16.2. The summed E-state index contributed by atoms with van der Waals surface area (Å²) >= 11 is 0. The van der Waals surface area contributed by atoms with Crippen molar-refractivity contribution in [1.29, 1.82) is 0 Å². The number of hydrogen-bond acceptors (Lipinski definition) is 2. The molecule has 1 aliphatic rings. The molecule has 0 N–H and O–H groups in total. The fraction of sp³-hybridized carbons (Fsp3) is 0.480. The van der Waals surface area contributed by atoms with E-state index in [2.05, 4.69) is 63.2 Å². The number of carbonyl (C=O) groups is 1. The van der Waals surface area contributed by atoms with Crippen LogP contribution in [0, 0.1) is 12.8 Å². The third-order valence-electron chi connectivity index (χ3n) is 5.74. The average molecular weight is 380 g/mol. The zero-order chi connectivity index (χ0) is 20.1. The van der Waals surface area contributed by atoms with E-state index < -0.39 is 6.10 Å². The van der Waals surface area contributed by atoms with E-state index in [1.54, 1.807) is 0 Å². The van der Waals surface area contributed by atoms with Crippen LogP contribution in [0.5, 0.6) is 5.75 Å². The molecule has 1 aliphatic heterocycles. The summed E-state index contributed by atoms with van der Waals surface area (Å²) in [5.41, 5.74) is 3.71. The molecule has 1 saturated heterocycles. The second-order valence-corrected chi connectivity index (χ2v) is 8.41. The predicted molar refractivity (Wildman–Crippen MR) is 115 cm³/mol. The van der Waals surface area contributed by atoms with Crippen molar-refractivity contribution in [3.63, 3.8) is 0 Å². The molecule has 0 aromatic heterocycles. The Morgan fingerprint density at radius 2 is 1.75 bits per heavy atom. The van der Waals surface area contributed by atoms with Gasteiger partial charge in [0.2, 0.25) is 0 Å². The summed E-state index contributed by atoms with van der Waals surface area (Å²) in [6, 6.07) is 16.9. The molecule has 1 heterocycles. The number of benzene rings is 2. The third kappa shape index (κ3) is 5.15. The van der Waals surface area contributed by atoms with E-state index in [1.807, 2.05) is 17.9 Å². The highest BCUT2D eigenvalue weighted by molar-refractivity contribution is 5.81. The van der Waals surface area contributed by atoms with Gasteiger partial charge in [-0.05, 0) is 67.7 Å². The minimum atomic E-state index is -0.454. The smallest absolute Gasteiger partial charge is 0.263 e. The molecule has 2 aromatic rings. The quantitative estimate of drug-likeness (QED) is 0.675. The lowest BCUT2D eigenvalue weighted by Crippen LogP contribution is -2.45. The zero-order valence-corrected chi connectivity index (χ0v) is 17.7. The van der Waals surface area contributed by atoms with Gasteiger partial charge in [-0.3, -0.25) is 4.79 Å². The molecule has 3 rings (SSSR count). The van der Waals surface area contributed by atoms with Crippen molar-refractivity contribution in [1.82, 2.24) is 4.90 Å². The topological polar surface area (TPSA) is 29.5 Å². The SMILES string of the molecule is Cc1ccc(C(C)C)c(O[C@H](C)C(=O)N2CCC(Cc3ccccc3)CC2)c1. The largest absolute Gasteiger partial charge is 0.481 e. The van der Waals surface area contributed by atoms with E-state index in [0.717, 1.165) is 49.2 Å². The van der Waals surface area contributed by atoms with E-state index >= 15 is 0 Å². The highest BCUT2D eigenvalue weighted by atomic mass is 16.5. The first-order chi connectivity index (χ1) is 13.4. The monoisotopic (exact) mass is 379 g/mol. The lowest BCUT2D eigenvalue weighted by molar-refractivity contribution is -0.139. The van der Waals surface area contributed by atoms with Crippen molar-refractivity contribution in [2.45, 2.75) is 59.0 Å². The summed E-state index contributed by atoms with van der Waals surface area (Å²) in [7, 11) is 0. The molecule has 0 radical (unpaired) electrons. The van der Waals surface area contributed by atoms with E-state index in [9.17, 15) is 4.79 Å². The summed E-state index contributed by atoms with van der Waals surface area (Å²) in [4.78, 5) is 14.9. The van der Waals surface area contributed by atoms with E-state index in [-0.39, 0.29) is 5.91 Å². The van der Waals surface area contributed by atoms with Crippen LogP contribution in [0.25, 0.3) is 0 Å². The van der Waals surface area contributed by atoms with Crippen molar-refractivity contribution in [2.24, 2.45) is 5.92 Å². The van der Waals surface area contributed by atoms with Crippen LogP contribution in [-0.4, -0.2) is 30.0 Å². The van der Waals surface area contributed by atoms with E-state index in [1.165, 1.54) is 5.56 Å². The third-order valence-corrected chi connectivity index (χ3v) is 5.74. The number of hydrogen-bond donors (Lipinski definition) is 0. The molecule has 3 nitrogen and oxygen atoms in total. The summed E-state index contributed by atoms with van der Waals surface area (Å²) in [5.74, 6) is 1.97. The Morgan fingerprint density at radius 3 is 2.39 bits per heavy atom. The Kier molecular flexibility index (Phi) is 6.77. The highest BCUT2D eigenvalue weighted by Gasteiger charge is 2.27. The number of piperidine rings is 1. The van der Waals surface area contributed by atoms with Crippen molar-refractivity contribution in [2.75, 3.05) is 13.1 Å². The first-order valence-electron chi connectivity index (χ1n) is 10.5. The van der Waals surface area contributed by atoms with Crippen LogP contribution >= 0.6 is 0 Å². The molecule has 2 aromatic carbocycles. The van der Waals surface area contributed by atoms with Crippen molar-refractivity contribution < 1.29 is 9.53 Å². The number of carbonyl (C=O) groups excluding carboxylic acids is 1. The predicted octanol–water partition coefficient (Wildman–Crippen LogP) is 5.37. The fourth-order valence-electron chi connectivity index (χ4n) is 4.02. The van der Waals surface area contributed by atoms with Crippen LogP contribution in [0.4, 0.5) is 0 Å². The van der Waals surface area contributed by atoms with Gasteiger partial charge in [0.15, 0.2) is 6.10 Å². The second-order valence-electron chi connectivity index (χ2n) is 8.41. The van der Waals surface area contributed by atoms with Gasteiger partial charge in [-0.25, -0.2) is 0 Å². The lowest BCUT2D eigenvalue weighted by Gasteiger charge is -2.34. The van der Waals surface area contributed by atoms with Gasteiger partial charge in [-0.15, -0.1) is 0 Å². The molecule has 0 unspecified atom stereocenters. The molecule has 3 heteroatoms. The van der Waals surface area contributed by atoms with E-state index in [0.29, 0.717) is 11.8 Å². The molecule has 0 aliphatic carbocycles. The van der Waals surface area contributed by atoms with Crippen molar-refractivity contribution >= 4 is 5.91 Å². The number of rotatable bonds is 6. The van der Waals surface area contributed by atoms with Gasteiger partial charge >= 0.3 is 0 Å². The van der Waals surface area contributed by atoms with Crippen LogP contribution in [0.2, 0.25) is 0 Å². The van der Waals surface area contributed by atoms with Crippen molar-refractivity contribution in [3.8, 4) is 5.75 Å². The molecular weight excluding hydrogens is 346 g/mol. The van der Waals surface area contributed by atoms with Gasteiger partial charge in [0.25, 0.3) is 5.91 Å². The van der Waals surface area contributed by atoms with Gasteiger partial charge in [-0.2, -0.15) is 0 Å². The van der Waals surface area contributed by atoms with Crippen LogP contribution in [-0.2, 0) is 11.2 Å². The number of likely N-dealkylation sites (tertiary alicyclic amines) is 1. The Labute approximate surface area is 169 Å². The molecule has 1 amide bonds. The average Bonchev–Trinajstić information content (AvgIpc) is 2.68. The van der Waals surface area contributed by atoms with Crippen LogP contribution < -0.4 is 4.74 Å². The Hall–Kier alpha value is -2.29. The number of nitrogens with zero attached hydrogens (tertiary/aromatic N) is 1. The standard InChI is InChI=1S/C25H33NO2/c1-18(2)23-11-10-19(3)16-24(23)28-20(4)25(27)26-14-12-22(13-15-26)17-21-8-6-5-7-9-21/h5-11,16,18,20,22H,12-15,17H2,1-4H3/t20-/m1/s1. The molecule has 1 atom stereocenters. The fourth-order valence-corrected chi connectivity index (χ4v) is 4.02. The second kappa shape index (κ2) is 9.27. The molecule has 0 saturated carbocycles. The highest BCUT2D eigenvalue weighted by Crippen LogP contribution is 2.29. The van der Waals surface area contributed by atoms with Gasteiger partial charge in [0, 0.05) is 13.1 Å². The maximum Gasteiger partial charge on any atom is 0.263 e. The molecule has 0 bridgehead atoms. The van der Waals surface area contributed by atoms with E-state index in [4.69, 9.17) is 4.74 Å². The number of amides is 1. The Bertz CT molecular complexity index is 776. The molecule has 150 valence electrons. The minimum Gasteiger partial charge on any atom is -0.481 e. The van der Waals surface area contributed by atoms with Gasteiger partial charge < -0.3 is 9.64 Å². The summed E-state index contributed by atoms with van der Waals surface area (Å²) in [6.45, 7) is 9.90. The van der Waals surface area contributed by atoms with Crippen molar-refractivity contribution in [3.05, 3.63) is 65.2 Å². The minimum absolute atomic E-state index is 0.106. The number of aryl methyl sites for hydroxylation is 1. The Balaban J connectivity index is 1.56.